The summed E-state index contributed by atoms with van der Waals surface area (Å²) in [6.07, 6.45) is 12.7. The molecule has 274 valence electrons. The van der Waals surface area contributed by atoms with E-state index < -0.39 is 0 Å². The van der Waals surface area contributed by atoms with E-state index in [1.165, 1.54) is 137 Å². The van der Waals surface area contributed by atoms with Gasteiger partial charge in [-0.2, -0.15) is 0 Å². The second kappa shape index (κ2) is 11.9. The van der Waals surface area contributed by atoms with Crippen molar-refractivity contribution in [1.29, 1.82) is 0 Å². The Morgan fingerprint density at radius 2 is 0.895 bits per heavy atom. The molecule has 2 saturated carbocycles. The third-order valence-corrected chi connectivity index (χ3v) is 15.2. The van der Waals surface area contributed by atoms with E-state index in [1.807, 2.05) is 0 Å². The molecule has 3 heteroatoms. The van der Waals surface area contributed by atoms with Crippen molar-refractivity contribution in [3.8, 4) is 22.3 Å². The maximum atomic E-state index is 2.77. The van der Waals surface area contributed by atoms with Gasteiger partial charge in [-0.1, -0.05) is 154 Å². The van der Waals surface area contributed by atoms with E-state index in [2.05, 4.69) is 161 Å². The van der Waals surface area contributed by atoms with Crippen LogP contribution in [-0.4, -0.2) is 6.71 Å². The third kappa shape index (κ3) is 4.12. The summed E-state index contributed by atoms with van der Waals surface area (Å²) in [5.41, 5.74) is 24.2. The number of benzene rings is 7. The molecule has 7 aromatic rings. The summed E-state index contributed by atoms with van der Waals surface area (Å²) in [5, 5.41) is 0. The van der Waals surface area contributed by atoms with Gasteiger partial charge in [-0.15, -0.1) is 0 Å². The Morgan fingerprint density at radius 1 is 0.368 bits per heavy atom. The minimum atomic E-state index is 0.0684. The lowest BCUT2D eigenvalue weighted by atomic mass is 9.33. The molecule has 2 aliphatic heterocycles. The maximum Gasteiger partial charge on any atom is 0.252 e. The van der Waals surface area contributed by atoms with Gasteiger partial charge in [0, 0.05) is 50.4 Å². The number of anilines is 6. The average Bonchev–Trinajstić information content (AvgIpc) is 3.70. The van der Waals surface area contributed by atoms with Crippen LogP contribution in [0.5, 0.6) is 0 Å². The number of hydrogen-bond acceptors (Lipinski definition) is 2. The van der Waals surface area contributed by atoms with E-state index >= 15 is 0 Å². The highest BCUT2D eigenvalue weighted by Crippen LogP contribution is 2.63. The van der Waals surface area contributed by atoms with Gasteiger partial charge in [0.2, 0.25) is 0 Å². The zero-order valence-electron chi connectivity index (χ0n) is 32.5. The third-order valence-electron chi connectivity index (χ3n) is 15.2. The zero-order chi connectivity index (χ0) is 37.3. The lowest BCUT2D eigenvalue weighted by molar-refractivity contribution is 0.353. The molecule has 2 nitrogen and oxygen atoms in total. The predicted molar refractivity (Wildman–Crippen MR) is 239 cm³/mol. The summed E-state index contributed by atoms with van der Waals surface area (Å²) in [6.45, 7) is 0.104. The maximum absolute atomic E-state index is 2.77. The Bertz CT molecular complexity index is 2790. The van der Waals surface area contributed by atoms with Gasteiger partial charge in [0.1, 0.15) is 0 Å². The van der Waals surface area contributed by atoms with Crippen molar-refractivity contribution in [2.45, 2.75) is 75.0 Å². The summed E-state index contributed by atoms with van der Waals surface area (Å²) in [7, 11) is 0. The molecule has 4 aliphatic carbocycles. The fourth-order valence-corrected chi connectivity index (χ4v) is 13.1. The highest BCUT2D eigenvalue weighted by Gasteiger charge is 2.51. The van der Waals surface area contributed by atoms with Gasteiger partial charge in [0.15, 0.2) is 0 Å². The van der Waals surface area contributed by atoms with Gasteiger partial charge in [-0.05, 0) is 112 Å². The van der Waals surface area contributed by atoms with Crippen LogP contribution in [-0.2, 0) is 10.8 Å². The number of hydrogen-bond donors (Lipinski definition) is 0. The Kier molecular flexibility index (Phi) is 6.73. The average molecular weight is 733 g/mol. The van der Waals surface area contributed by atoms with Crippen molar-refractivity contribution < 1.29 is 0 Å². The molecule has 13 rings (SSSR count). The van der Waals surface area contributed by atoms with E-state index in [-0.39, 0.29) is 17.5 Å². The Hall–Kier alpha value is -5.80. The summed E-state index contributed by atoms with van der Waals surface area (Å²) < 4.78 is 0. The van der Waals surface area contributed by atoms with Crippen molar-refractivity contribution in [1.82, 2.24) is 0 Å². The summed E-state index contributed by atoms with van der Waals surface area (Å²) in [5.74, 6) is 0. The second-order valence-electron chi connectivity index (χ2n) is 17.7. The van der Waals surface area contributed by atoms with Crippen LogP contribution in [0, 0.1) is 0 Å². The molecule has 2 fully saturated rings. The van der Waals surface area contributed by atoms with Crippen LogP contribution in [0.15, 0.2) is 152 Å². The molecule has 7 aromatic carbocycles. The highest BCUT2D eigenvalue weighted by molar-refractivity contribution is 7.00. The molecular formula is C54H45BN2. The summed E-state index contributed by atoms with van der Waals surface area (Å²) >= 11 is 0. The lowest BCUT2D eigenvalue weighted by Crippen LogP contribution is -2.61. The minimum Gasteiger partial charge on any atom is -0.311 e. The quantitative estimate of drug-likeness (QED) is 0.163. The number of para-hydroxylation sites is 2. The van der Waals surface area contributed by atoms with E-state index in [1.54, 1.807) is 22.3 Å². The van der Waals surface area contributed by atoms with Crippen molar-refractivity contribution in [2.24, 2.45) is 0 Å². The molecule has 0 unspecified atom stereocenters. The van der Waals surface area contributed by atoms with Crippen LogP contribution in [0.3, 0.4) is 0 Å². The van der Waals surface area contributed by atoms with Crippen LogP contribution in [0.4, 0.5) is 34.1 Å². The predicted octanol–water partition coefficient (Wildman–Crippen LogP) is 12.2. The number of fused-ring (bicyclic) bond motifs is 15. The monoisotopic (exact) mass is 732 g/mol. The molecule has 0 bridgehead atoms. The van der Waals surface area contributed by atoms with Crippen LogP contribution < -0.4 is 26.2 Å². The molecule has 0 N–H and O–H groups in total. The highest BCUT2D eigenvalue weighted by atomic mass is 15.2. The zero-order valence-corrected chi connectivity index (χ0v) is 32.5. The summed E-state index contributed by atoms with van der Waals surface area (Å²) in [4.78, 5) is 5.30. The fourth-order valence-electron chi connectivity index (χ4n) is 13.1. The Labute approximate surface area is 336 Å². The number of nitrogens with zero attached hydrogens (tertiary/aromatic N) is 2. The molecule has 0 amide bonds. The fraction of sp³-hybridized carbons (Fsp3) is 0.222. The normalized spacial score (nSPS) is 18.4. The summed E-state index contributed by atoms with van der Waals surface area (Å²) in [6, 6.07) is 58.9. The van der Waals surface area contributed by atoms with Crippen LogP contribution in [0.25, 0.3) is 22.3 Å². The second-order valence-corrected chi connectivity index (χ2v) is 17.7. The molecule has 57 heavy (non-hydrogen) atoms. The van der Waals surface area contributed by atoms with Crippen LogP contribution in [0.2, 0.25) is 0 Å². The first-order chi connectivity index (χ1) is 28.3. The lowest BCUT2D eigenvalue weighted by Gasteiger charge is -2.45. The molecule has 0 aromatic heterocycles. The van der Waals surface area contributed by atoms with Gasteiger partial charge >= 0.3 is 0 Å². The van der Waals surface area contributed by atoms with Crippen molar-refractivity contribution in [3.63, 3.8) is 0 Å². The number of rotatable bonds is 2. The van der Waals surface area contributed by atoms with E-state index in [9.17, 15) is 0 Å². The molecule has 6 aliphatic rings. The first-order valence-corrected chi connectivity index (χ1v) is 21.7. The van der Waals surface area contributed by atoms with Crippen molar-refractivity contribution >= 4 is 57.2 Å². The Balaban J connectivity index is 1.17. The largest absolute Gasteiger partial charge is 0.311 e. The van der Waals surface area contributed by atoms with Gasteiger partial charge in [-0.3, -0.25) is 0 Å². The van der Waals surface area contributed by atoms with Crippen molar-refractivity contribution in [3.05, 3.63) is 174 Å². The van der Waals surface area contributed by atoms with E-state index in [4.69, 9.17) is 0 Å². The molecule has 0 atom stereocenters. The molecule has 2 heterocycles. The van der Waals surface area contributed by atoms with Gasteiger partial charge in [0.05, 0.1) is 5.69 Å². The topological polar surface area (TPSA) is 6.48 Å². The first kappa shape index (κ1) is 32.3. The van der Waals surface area contributed by atoms with Crippen LogP contribution in [0.1, 0.15) is 86.5 Å². The smallest absolute Gasteiger partial charge is 0.252 e. The van der Waals surface area contributed by atoms with Crippen molar-refractivity contribution in [2.75, 3.05) is 9.80 Å². The van der Waals surface area contributed by atoms with E-state index in [0.717, 1.165) is 0 Å². The molecular weight excluding hydrogens is 687 g/mol. The van der Waals surface area contributed by atoms with E-state index in [0.29, 0.717) is 0 Å². The minimum absolute atomic E-state index is 0.0684. The van der Waals surface area contributed by atoms with Crippen LogP contribution >= 0.6 is 0 Å². The molecule has 0 radical (unpaired) electrons. The SMILES string of the molecule is c1ccc(N2c3ccccc3B3c4ccc5c(c4N(c4cccc6c4-c4ccccc4C64CCCCC4)c4cccc2c43)-c2ccccc2C52CCCCC2)cc1. The standard InChI is InChI=1S/C54H45BN2/c1-4-18-36(19-5-1)56-45-26-11-10-25-43(45)55-44-31-30-42-50(38-21-7-9-23-40(38)54(42)34-14-3-15-35-54)52(44)57(48-29-17-28-47(56)51(48)55)46-27-16-24-41-49(46)37-20-6-8-22-39(37)53(41)32-12-2-13-33-53/h1,4-11,16-31H,2-3,12-15,32-35H2. The van der Waals surface area contributed by atoms with Gasteiger partial charge in [0.25, 0.3) is 6.71 Å². The van der Waals surface area contributed by atoms with Gasteiger partial charge in [-0.25, -0.2) is 0 Å². The molecule has 0 saturated heterocycles. The van der Waals surface area contributed by atoms with Gasteiger partial charge < -0.3 is 9.80 Å². The first-order valence-electron chi connectivity index (χ1n) is 21.7. The Morgan fingerprint density at radius 3 is 1.61 bits per heavy atom. The molecule has 2 spiro atoms.